The molecule has 4 heteroatoms. The molecular weight excluding hydrogens is 316 g/mol. The van der Waals surface area contributed by atoms with Crippen LogP contribution in [0.15, 0.2) is 66.7 Å². The summed E-state index contributed by atoms with van der Waals surface area (Å²) in [4.78, 5) is 35.4. The molecule has 0 radical (unpaired) electrons. The maximum Gasteiger partial charge on any atom is 0.313 e. The largest absolute Gasteiger partial charge is 0.466 e. The van der Waals surface area contributed by atoms with Crippen molar-refractivity contribution in [2.24, 2.45) is 5.92 Å². The van der Waals surface area contributed by atoms with E-state index in [1.807, 2.05) is 42.5 Å². The molecule has 0 saturated carbocycles. The molecule has 0 aliphatic heterocycles. The molecule has 0 heterocycles. The van der Waals surface area contributed by atoms with Crippen LogP contribution in [0.3, 0.4) is 0 Å². The first-order valence-corrected chi connectivity index (χ1v) is 8.06. The summed E-state index contributed by atoms with van der Waals surface area (Å²) in [5, 5.41) is 0. The molecule has 0 bridgehead atoms. The fourth-order valence-corrected chi connectivity index (χ4v) is 2.47. The monoisotopic (exact) mass is 336 g/mol. The van der Waals surface area contributed by atoms with Crippen LogP contribution in [0.4, 0.5) is 0 Å². The lowest BCUT2D eigenvalue weighted by Gasteiger charge is -2.14. The highest BCUT2D eigenvalue weighted by Gasteiger charge is 2.26. The van der Waals surface area contributed by atoms with Gasteiger partial charge in [-0.15, -0.1) is 0 Å². The predicted molar refractivity (Wildman–Crippen MR) is 96.2 cm³/mol. The first-order chi connectivity index (χ1) is 12.1. The third-order valence-corrected chi connectivity index (χ3v) is 3.87. The van der Waals surface area contributed by atoms with E-state index in [1.54, 1.807) is 19.1 Å². The molecule has 2 rings (SSSR count). The molecule has 128 valence electrons. The zero-order valence-corrected chi connectivity index (χ0v) is 14.1. The van der Waals surface area contributed by atoms with Gasteiger partial charge < -0.3 is 4.74 Å². The number of hydrogen-bond acceptors (Lipinski definition) is 4. The fourth-order valence-electron chi connectivity index (χ4n) is 2.47. The van der Waals surface area contributed by atoms with E-state index in [9.17, 15) is 14.4 Å². The van der Waals surface area contributed by atoms with Crippen LogP contribution in [0.25, 0.3) is 11.1 Å². The summed E-state index contributed by atoms with van der Waals surface area (Å²) >= 11 is 0. The van der Waals surface area contributed by atoms with Crippen molar-refractivity contribution in [2.45, 2.75) is 13.3 Å². The van der Waals surface area contributed by atoms with Gasteiger partial charge in [-0.25, -0.2) is 0 Å². The molecular formula is C21H20O4. The van der Waals surface area contributed by atoms with Crippen molar-refractivity contribution in [3.8, 4) is 11.1 Å². The lowest BCUT2D eigenvalue weighted by Crippen LogP contribution is -2.23. The van der Waals surface area contributed by atoms with Crippen LogP contribution in [0, 0.1) is 5.92 Å². The first kappa shape index (κ1) is 18.3. The van der Waals surface area contributed by atoms with Crippen molar-refractivity contribution in [1.82, 2.24) is 0 Å². The zero-order chi connectivity index (χ0) is 18.2. The Hall–Kier alpha value is -3.01. The van der Waals surface area contributed by atoms with Crippen LogP contribution in [0.5, 0.6) is 0 Å². The normalized spacial score (nSPS) is 11.4. The molecule has 1 unspecified atom stereocenters. The second kappa shape index (κ2) is 8.73. The van der Waals surface area contributed by atoms with Gasteiger partial charge in [-0.3, -0.25) is 14.4 Å². The molecule has 0 spiro atoms. The Bertz CT molecular complexity index is 760. The number of benzene rings is 2. The molecule has 0 N–H and O–H groups in total. The Balaban J connectivity index is 2.14. The summed E-state index contributed by atoms with van der Waals surface area (Å²) in [6.45, 7) is 5.41. The van der Waals surface area contributed by atoms with E-state index in [4.69, 9.17) is 4.74 Å². The van der Waals surface area contributed by atoms with Crippen molar-refractivity contribution in [1.29, 1.82) is 0 Å². The number of rotatable bonds is 8. The molecule has 2 aromatic carbocycles. The van der Waals surface area contributed by atoms with E-state index in [2.05, 4.69) is 6.58 Å². The van der Waals surface area contributed by atoms with Gasteiger partial charge in [0.2, 0.25) is 0 Å². The minimum absolute atomic E-state index is 0.0488. The number of ketones is 1. The Labute approximate surface area is 147 Å². The number of esters is 1. The fraction of sp³-hybridized carbons (Fsp3) is 0.190. The second-order valence-electron chi connectivity index (χ2n) is 5.57. The van der Waals surface area contributed by atoms with Crippen LogP contribution in [-0.4, -0.2) is 24.6 Å². The summed E-state index contributed by atoms with van der Waals surface area (Å²) in [7, 11) is 0. The highest BCUT2D eigenvalue weighted by atomic mass is 16.5. The molecule has 0 aliphatic carbocycles. The van der Waals surface area contributed by atoms with Crippen molar-refractivity contribution >= 4 is 18.0 Å². The third-order valence-electron chi connectivity index (χ3n) is 3.87. The molecule has 0 fully saturated rings. The first-order valence-electron chi connectivity index (χ1n) is 8.06. The number of carbonyl (C=O) groups excluding carboxylic acids is 3. The number of carbonyl (C=O) groups is 3. The third kappa shape index (κ3) is 4.73. The van der Waals surface area contributed by atoms with E-state index in [1.165, 1.54) is 0 Å². The minimum Gasteiger partial charge on any atom is -0.466 e. The van der Waals surface area contributed by atoms with Crippen molar-refractivity contribution in [3.63, 3.8) is 0 Å². The van der Waals surface area contributed by atoms with Crippen molar-refractivity contribution in [3.05, 3.63) is 72.3 Å². The standard InChI is InChI=1S/C21H20O4/c1-3-25-21(24)19(15(2)14-22)13-20(23)18-11-9-17(10-12-18)16-7-5-4-6-8-16/h4-12,14,19H,2-3,13H2,1H3. The smallest absolute Gasteiger partial charge is 0.313 e. The van der Waals surface area contributed by atoms with Crippen LogP contribution >= 0.6 is 0 Å². The highest BCUT2D eigenvalue weighted by Crippen LogP contribution is 2.22. The molecule has 0 aromatic heterocycles. The molecule has 4 nitrogen and oxygen atoms in total. The Morgan fingerprint density at radius 1 is 1.04 bits per heavy atom. The van der Waals surface area contributed by atoms with Crippen LogP contribution in [0.1, 0.15) is 23.7 Å². The zero-order valence-electron chi connectivity index (χ0n) is 14.1. The summed E-state index contributed by atoms with van der Waals surface area (Å²) in [5.74, 6) is -1.78. The molecule has 2 aromatic rings. The van der Waals surface area contributed by atoms with Gasteiger partial charge in [0.15, 0.2) is 5.78 Å². The second-order valence-corrected chi connectivity index (χ2v) is 5.57. The number of ether oxygens (including phenoxy) is 1. The lowest BCUT2D eigenvalue weighted by atomic mass is 9.92. The summed E-state index contributed by atoms with van der Waals surface area (Å²) in [6.07, 6.45) is 0.356. The van der Waals surface area contributed by atoms with Gasteiger partial charge >= 0.3 is 5.97 Å². The predicted octanol–water partition coefficient (Wildman–Crippen LogP) is 3.86. The average Bonchev–Trinajstić information content (AvgIpc) is 2.66. The Morgan fingerprint density at radius 2 is 1.64 bits per heavy atom. The maximum absolute atomic E-state index is 12.5. The SMILES string of the molecule is C=C(C=O)C(CC(=O)c1ccc(-c2ccccc2)cc1)C(=O)OCC. The van der Waals surface area contributed by atoms with Crippen molar-refractivity contribution in [2.75, 3.05) is 6.61 Å². The van der Waals surface area contributed by atoms with Gasteiger partial charge in [0.25, 0.3) is 0 Å². The van der Waals surface area contributed by atoms with Gasteiger partial charge in [0.1, 0.15) is 6.29 Å². The molecule has 25 heavy (non-hydrogen) atoms. The average molecular weight is 336 g/mol. The van der Waals surface area contributed by atoms with Crippen LogP contribution in [-0.2, 0) is 14.3 Å². The van der Waals surface area contributed by atoms with E-state index < -0.39 is 11.9 Å². The molecule has 0 aliphatic rings. The summed E-state index contributed by atoms with van der Waals surface area (Å²) < 4.78 is 4.93. The van der Waals surface area contributed by atoms with Gasteiger partial charge in [0, 0.05) is 12.0 Å². The van der Waals surface area contributed by atoms with E-state index in [0.29, 0.717) is 11.8 Å². The topological polar surface area (TPSA) is 60.4 Å². The van der Waals surface area contributed by atoms with Crippen LogP contribution in [0.2, 0.25) is 0 Å². The Morgan fingerprint density at radius 3 is 2.20 bits per heavy atom. The number of Topliss-reactive ketones (excluding diaryl/α,β-unsaturated/α-hetero) is 1. The molecule has 0 amide bonds. The molecule has 0 saturated heterocycles. The highest BCUT2D eigenvalue weighted by molar-refractivity contribution is 6.00. The maximum atomic E-state index is 12.5. The summed E-state index contributed by atoms with van der Waals surface area (Å²) in [5.41, 5.74) is 2.58. The van der Waals surface area contributed by atoms with Gasteiger partial charge in [0.05, 0.1) is 12.5 Å². The lowest BCUT2D eigenvalue weighted by molar-refractivity contribution is -0.147. The van der Waals surface area contributed by atoms with E-state index in [-0.39, 0.29) is 24.4 Å². The minimum atomic E-state index is -0.946. The van der Waals surface area contributed by atoms with Gasteiger partial charge in [-0.05, 0) is 23.6 Å². The quantitative estimate of drug-likeness (QED) is 0.318. The number of aldehydes is 1. The van der Waals surface area contributed by atoms with Gasteiger partial charge in [-0.2, -0.15) is 0 Å². The van der Waals surface area contributed by atoms with Crippen LogP contribution < -0.4 is 0 Å². The molecule has 1 atom stereocenters. The summed E-state index contributed by atoms with van der Waals surface area (Å²) in [6, 6.07) is 17.0. The van der Waals surface area contributed by atoms with E-state index in [0.717, 1.165) is 11.1 Å². The van der Waals surface area contributed by atoms with Crippen molar-refractivity contribution < 1.29 is 19.1 Å². The van der Waals surface area contributed by atoms with Gasteiger partial charge in [-0.1, -0.05) is 61.2 Å². The van der Waals surface area contributed by atoms with E-state index >= 15 is 0 Å². The Kier molecular flexibility index (Phi) is 6.40. The number of hydrogen-bond donors (Lipinski definition) is 0.